The summed E-state index contributed by atoms with van der Waals surface area (Å²) in [4.78, 5) is 14.1. The van der Waals surface area contributed by atoms with Crippen molar-refractivity contribution in [2.24, 2.45) is 5.92 Å². The Balaban J connectivity index is 1.81. The van der Waals surface area contributed by atoms with E-state index in [-0.39, 0.29) is 5.91 Å². The lowest BCUT2D eigenvalue weighted by atomic mass is 10.1. The topological polar surface area (TPSA) is 32.3 Å². The van der Waals surface area contributed by atoms with Crippen molar-refractivity contribution in [2.75, 3.05) is 26.7 Å². The molecule has 0 aliphatic carbocycles. The van der Waals surface area contributed by atoms with Gasteiger partial charge in [-0.1, -0.05) is 29.8 Å². The molecule has 0 unspecified atom stereocenters. The Bertz CT molecular complexity index is 436. The normalized spacial score (nSPS) is 18.8. The van der Waals surface area contributed by atoms with Crippen LogP contribution in [0, 0.1) is 5.92 Å². The number of amides is 1. The molecule has 3 nitrogen and oxygen atoms in total. The fourth-order valence-corrected chi connectivity index (χ4v) is 2.85. The predicted octanol–water partition coefficient (Wildman–Crippen LogP) is 2.34. The van der Waals surface area contributed by atoms with Gasteiger partial charge in [0.25, 0.3) is 0 Å². The summed E-state index contributed by atoms with van der Waals surface area (Å²) in [5, 5.41) is 3.93. The van der Waals surface area contributed by atoms with Gasteiger partial charge in [0.05, 0.1) is 0 Å². The Labute approximate surface area is 119 Å². The van der Waals surface area contributed by atoms with Gasteiger partial charge in [0, 0.05) is 24.5 Å². The molecule has 104 valence electrons. The lowest BCUT2D eigenvalue weighted by molar-refractivity contribution is -0.130. The zero-order valence-electron chi connectivity index (χ0n) is 11.4. The number of benzene rings is 1. The van der Waals surface area contributed by atoms with Gasteiger partial charge < -0.3 is 10.2 Å². The van der Waals surface area contributed by atoms with E-state index in [9.17, 15) is 4.79 Å². The average molecular weight is 281 g/mol. The van der Waals surface area contributed by atoms with Crippen LogP contribution in [0.2, 0.25) is 5.02 Å². The van der Waals surface area contributed by atoms with Crippen molar-refractivity contribution in [3.63, 3.8) is 0 Å². The van der Waals surface area contributed by atoms with E-state index in [1.54, 1.807) is 0 Å². The number of halogens is 1. The molecule has 2 rings (SSSR count). The number of aryl methyl sites for hydroxylation is 1. The smallest absolute Gasteiger partial charge is 0.222 e. The zero-order chi connectivity index (χ0) is 13.7. The third-order valence-corrected chi connectivity index (χ3v) is 4.07. The molecule has 1 amide bonds. The van der Waals surface area contributed by atoms with Gasteiger partial charge >= 0.3 is 0 Å². The van der Waals surface area contributed by atoms with Gasteiger partial charge in [-0.05, 0) is 44.0 Å². The second-order valence-electron chi connectivity index (χ2n) is 5.14. The molecule has 0 radical (unpaired) electrons. The minimum atomic E-state index is 0.249. The number of hydrogen-bond acceptors (Lipinski definition) is 2. The molecule has 1 aromatic carbocycles. The number of hydrogen-bond donors (Lipinski definition) is 1. The molecule has 1 aliphatic heterocycles. The van der Waals surface area contributed by atoms with E-state index in [1.165, 1.54) is 0 Å². The monoisotopic (exact) mass is 280 g/mol. The maximum Gasteiger partial charge on any atom is 0.222 e. The Hall–Kier alpha value is -1.06. The Morgan fingerprint density at radius 1 is 1.47 bits per heavy atom. The molecular formula is C15H21ClN2O. The van der Waals surface area contributed by atoms with Crippen LogP contribution in [0.1, 0.15) is 18.4 Å². The summed E-state index contributed by atoms with van der Waals surface area (Å²) < 4.78 is 0. The highest BCUT2D eigenvalue weighted by Crippen LogP contribution is 2.19. The van der Waals surface area contributed by atoms with Gasteiger partial charge in [-0.3, -0.25) is 4.79 Å². The molecule has 0 spiro atoms. The van der Waals surface area contributed by atoms with Crippen molar-refractivity contribution in [1.82, 2.24) is 10.2 Å². The molecule has 0 saturated carbocycles. The number of carbonyl (C=O) groups is 1. The Kier molecular flexibility index (Phi) is 5.23. The molecule has 1 aliphatic rings. The van der Waals surface area contributed by atoms with Gasteiger partial charge in [-0.25, -0.2) is 0 Å². The fraction of sp³-hybridized carbons (Fsp3) is 0.533. The van der Waals surface area contributed by atoms with E-state index in [0.717, 1.165) is 43.1 Å². The van der Waals surface area contributed by atoms with E-state index < -0.39 is 0 Å². The standard InChI is InChI=1S/C15H21ClN2O/c1-17-10-12-8-9-18(11-12)15(19)7-6-13-4-2-3-5-14(13)16/h2-5,12,17H,6-11H2,1H3/t12-/m1/s1. The quantitative estimate of drug-likeness (QED) is 0.898. The third-order valence-electron chi connectivity index (χ3n) is 3.70. The van der Waals surface area contributed by atoms with Crippen LogP contribution in [0.3, 0.4) is 0 Å². The maximum atomic E-state index is 12.1. The summed E-state index contributed by atoms with van der Waals surface area (Å²) >= 11 is 6.10. The summed E-state index contributed by atoms with van der Waals surface area (Å²) in [5.74, 6) is 0.854. The number of rotatable bonds is 5. The molecular weight excluding hydrogens is 260 g/mol. The van der Waals surface area contributed by atoms with E-state index in [2.05, 4.69) is 5.32 Å². The SMILES string of the molecule is CNC[C@H]1CCN(C(=O)CCc2ccccc2Cl)C1. The van der Waals surface area contributed by atoms with Crippen LogP contribution in [-0.2, 0) is 11.2 Å². The lowest BCUT2D eigenvalue weighted by Gasteiger charge is -2.16. The highest BCUT2D eigenvalue weighted by Gasteiger charge is 2.25. The van der Waals surface area contributed by atoms with Crippen molar-refractivity contribution < 1.29 is 4.79 Å². The Morgan fingerprint density at radius 2 is 2.26 bits per heavy atom. The molecule has 1 fully saturated rings. The average Bonchev–Trinajstić information content (AvgIpc) is 2.87. The molecule has 1 heterocycles. The molecule has 1 aromatic rings. The number of carbonyl (C=O) groups excluding carboxylic acids is 1. The summed E-state index contributed by atoms with van der Waals surface area (Å²) in [5.41, 5.74) is 1.06. The van der Waals surface area contributed by atoms with Gasteiger partial charge in [0.15, 0.2) is 0 Å². The third kappa shape index (κ3) is 3.95. The molecule has 0 aromatic heterocycles. The minimum absolute atomic E-state index is 0.249. The van der Waals surface area contributed by atoms with Gasteiger partial charge in [0.2, 0.25) is 5.91 Å². The van der Waals surface area contributed by atoms with Crippen LogP contribution in [0.4, 0.5) is 0 Å². The van der Waals surface area contributed by atoms with Crippen LogP contribution < -0.4 is 5.32 Å². The molecule has 0 bridgehead atoms. The van der Waals surface area contributed by atoms with Crippen molar-refractivity contribution in [3.05, 3.63) is 34.9 Å². The number of likely N-dealkylation sites (tertiary alicyclic amines) is 1. The molecule has 1 atom stereocenters. The Morgan fingerprint density at radius 3 is 3.00 bits per heavy atom. The fourth-order valence-electron chi connectivity index (χ4n) is 2.62. The number of nitrogens with zero attached hydrogens (tertiary/aromatic N) is 1. The van der Waals surface area contributed by atoms with Crippen molar-refractivity contribution in [2.45, 2.75) is 19.3 Å². The molecule has 4 heteroatoms. The predicted molar refractivity (Wildman–Crippen MR) is 78.4 cm³/mol. The largest absolute Gasteiger partial charge is 0.342 e. The highest BCUT2D eigenvalue weighted by atomic mass is 35.5. The van der Waals surface area contributed by atoms with Crippen molar-refractivity contribution in [3.8, 4) is 0 Å². The number of nitrogens with one attached hydrogen (secondary N) is 1. The summed E-state index contributed by atoms with van der Waals surface area (Å²) in [6.07, 6.45) is 2.39. The summed E-state index contributed by atoms with van der Waals surface area (Å²) in [6.45, 7) is 2.78. The highest BCUT2D eigenvalue weighted by molar-refractivity contribution is 6.31. The first-order valence-corrected chi connectivity index (χ1v) is 7.24. The molecule has 19 heavy (non-hydrogen) atoms. The summed E-state index contributed by atoms with van der Waals surface area (Å²) in [6, 6.07) is 7.74. The second kappa shape index (κ2) is 6.92. The first-order chi connectivity index (χ1) is 9.20. The maximum absolute atomic E-state index is 12.1. The first kappa shape index (κ1) is 14.4. The van der Waals surface area contributed by atoms with E-state index in [0.29, 0.717) is 12.3 Å². The zero-order valence-corrected chi connectivity index (χ0v) is 12.1. The van der Waals surface area contributed by atoms with E-state index in [1.807, 2.05) is 36.2 Å². The van der Waals surface area contributed by atoms with Gasteiger partial charge in [-0.2, -0.15) is 0 Å². The van der Waals surface area contributed by atoms with Gasteiger partial charge in [-0.15, -0.1) is 0 Å². The molecule has 1 N–H and O–H groups in total. The minimum Gasteiger partial charge on any atom is -0.342 e. The van der Waals surface area contributed by atoms with Crippen LogP contribution in [0.5, 0.6) is 0 Å². The van der Waals surface area contributed by atoms with Crippen molar-refractivity contribution in [1.29, 1.82) is 0 Å². The summed E-state index contributed by atoms with van der Waals surface area (Å²) in [7, 11) is 1.96. The van der Waals surface area contributed by atoms with E-state index >= 15 is 0 Å². The van der Waals surface area contributed by atoms with Crippen LogP contribution in [-0.4, -0.2) is 37.5 Å². The van der Waals surface area contributed by atoms with Crippen LogP contribution in [0.15, 0.2) is 24.3 Å². The van der Waals surface area contributed by atoms with Gasteiger partial charge in [0.1, 0.15) is 0 Å². The second-order valence-corrected chi connectivity index (χ2v) is 5.55. The molecule has 1 saturated heterocycles. The van der Waals surface area contributed by atoms with Crippen LogP contribution >= 0.6 is 11.6 Å². The lowest BCUT2D eigenvalue weighted by Crippen LogP contribution is -2.30. The van der Waals surface area contributed by atoms with Crippen molar-refractivity contribution >= 4 is 17.5 Å². The van der Waals surface area contributed by atoms with Crippen LogP contribution in [0.25, 0.3) is 0 Å². The first-order valence-electron chi connectivity index (χ1n) is 6.86. The van der Waals surface area contributed by atoms with E-state index in [4.69, 9.17) is 11.6 Å².